The van der Waals surface area contributed by atoms with Gasteiger partial charge in [0.25, 0.3) is 0 Å². The molecule has 0 aromatic carbocycles. The Morgan fingerprint density at radius 2 is 2.28 bits per heavy atom. The SMILES string of the molecule is CC(C)(C)OC(=O)OC[C@]1(C)CC[C@H](C2CC=C3C(N)=NC=NN32)O1. The minimum Gasteiger partial charge on any atom is -0.431 e. The summed E-state index contributed by atoms with van der Waals surface area (Å²) in [6, 6.07) is 0.0867. The average Bonchev–Trinajstić information content (AvgIpc) is 3.09. The van der Waals surface area contributed by atoms with Crippen molar-refractivity contribution in [2.45, 2.75) is 70.3 Å². The summed E-state index contributed by atoms with van der Waals surface area (Å²) in [6.07, 6.45) is 5.29. The second-order valence-electron chi connectivity index (χ2n) is 7.88. The number of hydrogen-bond acceptors (Lipinski definition) is 8. The molecule has 1 unspecified atom stereocenters. The Morgan fingerprint density at radius 1 is 1.52 bits per heavy atom. The number of hydrazone groups is 1. The molecule has 0 bridgehead atoms. The normalized spacial score (nSPS) is 31.4. The molecule has 2 N–H and O–H groups in total. The van der Waals surface area contributed by atoms with Gasteiger partial charge in [0.1, 0.15) is 24.1 Å². The second kappa shape index (κ2) is 6.33. The summed E-state index contributed by atoms with van der Waals surface area (Å²) in [5, 5.41) is 6.20. The molecule has 1 fully saturated rings. The van der Waals surface area contributed by atoms with E-state index in [2.05, 4.69) is 10.1 Å². The van der Waals surface area contributed by atoms with E-state index in [9.17, 15) is 4.79 Å². The fourth-order valence-electron chi connectivity index (χ4n) is 3.29. The number of nitrogens with two attached hydrogens (primary N) is 1. The van der Waals surface area contributed by atoms with Gasteiger partial charge in [-0.25, -0.2) is 9.79 Å². The zero-order valence-electron chi connectivity index (χ0n) is 15.2. The topological polar surface area (TPSA) is 98.7 Å². The number of fused-ring (bicyclic) bond motifs is 1. The molecule has 3 rings (SSSR count). The molecule has 0 amide bonds. The number of amidine groups is 1. The van der Waals surface area contributed by atoms with Gasteiger partial charge >= 0.3 is 6.16 Å². The van der Waals surface area contributed by atoms with Crippen molar-refractivity contribution in [3.05, 3.63) is 11.8 Å². The molecule has 138 valence electrons. The number of ether oxygens (including phenoxy) is 3. The van der Waals surface area contributed by atoms with Crippen LogP contribution in [0.1, 0.15) is 47.0 Å². The van der Waals surface area contributed by atoms with Crippen LogP contribution in [0.15, 0.2) is 21.9 Å². The molecule has 8 nitrogen and oxygen atoms in total. The van der Waals surface area contributed by atoms with E-state index in [4.69, 9.17) is 19.9 Å². The maximum Gasteiger partial charge on any atom is 0.508 e. The Kier molecular flexibility index (Phi) is 4.49. The summed E-state index contributed by atoms with van der Waals surface area (Å²) < 4.78 is 16.7. The first-order valence-electron chi connectivity index (χ1n) is 8.56. The van der Waals surface area contributed by atoms with Gasteiger partial charge in [-0.15, -0.1) is 0 Å². The average molecular weight is 350 g/mol. The van der Waals surface area contributed by atoms with Crippen molar-refractivity contribution in [2.24, 2.45) is 15.8 Å². The summed E-state index contributed by atoms with van der Waals surface area (Å²) in [6.45, 7) is 7.53. The van der Waals surface area contributed by atoms with E-state index >= 15 is 0 Å². The number of aliphatic imine (C=N–C) groups is 1. The molecule has 3 aliphatic rings. The maximum atomic E-state index is 11.8. The maximum absolute atomic E-state index is 11.8. The Hall–Kier alpha value is -2.09. The van der Waals surface area contributed by atoms with E-state index in [0.29, 0.717) is 5.84 Å². The van der Waals surface area contributed by atoms with Crippen LogP contribution >= 0.6 is 0 Å². The first-order valence-corrected chi connectivity index (χ1v) is 8.56. The zero-order valence-corrected chi connectivity index (χ0v) is 15.2. The van der Waals surface area contributed by atoms with Gasteiger partial charge in [0, 0.05) is 0 Å². The first-order chi connectivity index (χ1) is 11.7. The standard InChI is InChI=1S/C17H26N4O4/c1-16(2,3)25-15(22)23-9-17(4)8-7-13(24-17)11-5-6-12-14(18)19-10-20-21(11)12/h6,10-11,13H,5,7-9H2,1-4H3,(H2,18,19,20)/t11?,13-,17+/m1/s1. The molecule has 0 saturated carbocycles. The van der Waals surface area contributed by atoms with E-state index in [1.54, 1.807) is 20.8 Å². The van der Waals surface area contributed by atoms with Gasteiger partial charge in [-0.2, -0.15) is 5.10 Å². The second-order valence-corrected chi connectivity index (χ2v) is 7.88. The van der Waals surface area contributed by atoms with Gasteiger partial charge in [-0.1, -0.05) is 6.08 Å². The summed E-state index contributed by atoms with van der Waals surface area (Å²) in [5.41, 5.74) is 5.65. The van der Waals surface area contributed by atoms with E-state index in [1.807, 2.05) is 18.0 Å². The lowest BCUT2D eigenvalue weighted by molar-refractivity contribution is -0.0965. The smallest absolute Gasteiger partial charge is 0.431 e. The first kappa shape index (κ1) is 17.7. The number of rotatable bonds is 3. The highest BCUT2D eigenvalue weighted by Crippen LogP contribution is 2.38. The van der Waals surface area contributed by atoms with E-state index in [0.717, 1.165) is 25.0 Å². The van der Waals surface area contributed by atoms with Crippen LogP contribution in [-0.4, -0.2) is 53.3 Å². The lowest BCUT2D eigenvalue weighted by Crippen LogP contribution is -2.42. The van der Waals surface area contributed by atoms with Crippen molar-refractivity contribution in [1.29, 1.82) is 0 Å². The van der Waals surface area contributed by atoms with Crippen LogP contribution in [0.25, 0.3) is 0 Å². The summed E-state index contributed by atoms with van der Waals surface area (Å²) in [4.78, 5) is 15.8. The molecule has 0 spiro atoms. The molecular weight excluding hydrogens is 324 g/mol. The highest BCUT2D eigenvalue weighted by Gasteiger charge is 2.45. The van der Waals surface area contributed by atoms with Crippen molar-refractivity contribution >= 4 is 18.3 Å². The molecule has 3 aliphatic heterocycles. The fourth-order valence-corrected chi connectivity index (χ4v) is 3.29. The molecule has 25 heavy (non-hydrogen) atoms. The molecule has 3 atom stereocenters. The van der Waals surface area contributed by atoms with Crippen LogP contribution < -0.4 is 5.73 Å². The number of carbonyl (C=O) groups excluding carboxylic acids is 1. The van der Waals surface area contributed by atoms with Gasteiger partial charge in [0.05, 0.1) is 17.8 Å². The predicted molar refractivity (Wildman–Crippen MR) is 93.1 cm³/mol. The number of hydrogen-bond donors (Lipinski definition) is 1. The quantitative estimate of drug-likeness (QED) is 0.783. The molecule has 3 heterocycles. The van der Waals surface area contributed by atoms with Crippen LogP contribution in [0.2, 0.25) is 0 Å². The predicted octanol–water partition coefficient (Wildman–Crippen LogP) is 2.15. The molecule has 8 heteroatoms. The van der Waals surface area contributed by atoms with E-state index in [1.165, 1.54) is 6.34 Å². The molecule has 0 aromatic rings. The third-order valence-corrected chi connectivity index (χ3v) is 4.46. The lowest BCUT2D eigenvalue weighted by Gasteiger charge is -2.32. The molecule has 0 aromatic heterocycles. The largest absolute Gasteiger partial charge is 0.508 e. The van der Waals surface area contributed by atoms with Gasteiger partial charge in [0.2, 0.25) is 0 Å². The zero-order chi connectivity index (χ0) is 18.2. The van der Waals surface area contributed by atoms with Crippen LogP contribution in [0, 0.1) is 0 Å². The monoisotopic (exact) mass is 350 g/mol. The Balaban J connectivity index is 1.54. The van der Waals surface area contributed by atoms with Crippen molar-refractivity contribution in [1.82, 2.24) is 5.01 Å². The third-order valence-electron chi connectivity index (χ3n) is 4.46. The molecule has 0 radical (unpaired) electrons. The van der Waals surface area contributed by atoms with Crippen molar-refractivity contribution in [2.75, 3.05) is 6.61 Å². The minimum atomic E-state index is -0.671. The summed E-state index contributed by atoms with van der Waals surface area (Å²) >= 11 is 0. The highest BCUT2D eigenvalue weighted by atomic mass is 16.7. The lowest BCUT2D eigenvalue weighted by atomic mass is 10.0. The van der Waals surface area contributed by atoms with Crippen LogP contribution in [-0.2, 0) is 14.2 Å². The van der Waals surface area contributed by atoms with Gasteiger partial charge in [-0.3, -0.25) is 5.01 Å². The summed E-state index contributed by atoms with van der Waals surface area (Å²) in [5.74, 6) is 0.478. The van der Waals surface area contributed by atoms with E-state index in [-0.39, 0.29) is 18.8 Å². The Bertz CT molecular complexity index is 637. The van der Waals surface area contributed by atoms with Gasteiger partial charge in [-0.05, 0) is 47.0 Å². The highest BCUT2D eigenvalue weighted by molar-refractivity contribution is 6.02. The van der Waals surface area contributed by atoms with Gasteiger partial charge < -0.3 is 19.9 Å². The Morgan fingerprint density at radius 3 is 3.00 bits per heavy atom. The third kappa shape index (κ3) is 3.95. The van der Waals surface area contributed by atoms with Crippen LogP contribution in [0.3, 0.4) is 0 Å². The minimum absolute atomic E-state index is 0.0102. The fraction of sp³-hybridized carbons (Fsp3) is 0.706. The molecular formula is C17H26N4O4. The number of nitrogens with zero attached hydrogens (tertiary/aromatic N) is 3. The van der Waals surface area contributed by atoms with Crippen LogP contribution in [0.5, 0.6) is 0 Å². The van der Waals surface area contributed by atoms with Gasteiger partial charge in [0.15, 0.2) is 5.84 Å². The van der Waals surface area contributed by atoms with Crippen molar-refractivity contribution in [3.63, 3.8) is 0 Å². The van der Waals surface area contributed by atoms with E-state index < -0.39 is 17.4 Å². The molecule has 0 aliphatic carbocycles. The molecule has 1 saturated heterocycles. The van der Waals surface area contributed by atoms with Crippen molar-refractivity contribution in [3.8, 4) is 0 Å². The van der Waals surface area contributed by atoms with Crippen molar-refractivity contribution < 1.29 is 19.0 Å². The summed E-state index contributed by atoms with van der Waals surface area (Å²) in [7, 11) is 0. The van der Waals surface area contributed by atoms with Crippen LogP contribution in [0.4, 0.5) is 4.79 Å². The number of carbonyl (C=O) groups is 1. The Labute approximate surface area is 147 Å².